The fraction of sp³-hybridized carbons (Fsp3) is 0. The summed E-state index contributed by atoms with van der Waals surface area (Å²) in [6.07, 6.45) is 0. The van der Waals surface area contributed by atoms with Gasteiger partial charge in [0.2, 0.25) is 0 Å². The van der Waals surface area contributed by atoms with E-state index in [1.807, 2.05) is 60.7 Å². The molecule has 0 saturated carbocycles. The Morgan fingerprint density at radius 2 is 0.984 bits per heavy atom. The molecular weight excluding hydrogens is 793 g/mol. The van der Waals surface area contributed by atoms with Crippen molar-refractivity contribution in [2.75, 3.05) is 0 Å². The van der Waals surface area contributed by atoms with Gasteiger partial charge in [0.25, 0.3) is 0 Å². The van der Waals surface area contributed by atoms with E-state index in [-0.39, 0.29) is 0 Å². The lowest BCUT2D eigenvalue weighted by Gasteiger charge is -2.11. The summed E-state index contributed by atoms with van der Waals surface area (Å²) in [5.74, 6) is 2.39. The van der Waals surface area contributed by atoms with Crippen LogP contribution in [0.5, 0.6) is 0 Å². The van der Waals surface area contributed by atoms with E-state index >= 15 is 0 Å². The average Bonchev–Trinajstić information content (AvgIpc) is 4.04. The molecule has 0 aliphatic carbocycles. The molecule has 0 bridgehead atoms. The highest BCUT2D eigenvalue weighted by Crippen LogP contribution is 2.42. The Kier molecular flexibility index (Phi) is 7.94. The van der Waals surface area contributed by atoms with Crippen molar-refractivity contribution in [1.29, 1.82) is 0 Å². The van der Waals surface area contributed by atoms with Crippen molar-refractivity contribution in [2.24, 2.45) is 0 Å². The number of hydrogen-bond donors (Lipinski definition) is 0. The number of aromatic nitrogens is 6. The van der Waals surface area contributed by atoms with Gasteiger partial charge in [-0.25, -0.2) is 24.9 Å². The van der Waals surface area contributed by atoms with Crippen LogP contribution in [0.1, 0.15) is 0 Å². The van der Waals surface area contributed by atoms with Crippen LogP contribution < -0.4 is 0 Å². The molecular formula is C55H32N6OS. The second kappa shape index (κ2) is 14.1. The summed E-state index contributed by atoms with van der Waals surface area (Å²) >= 11 is 1.73. The number of thiophene rings is 1. The van der Waals surface area contributed by atoms with Gasteiger partial charge in [-0.2, -0.15) is 0 Å². The zero-order valence-corrected chi connectivity index (χ0v) is 34.3. The van der Waals surface area contributed by atoms with Gasteiger partial charge in [-0.15, -0.1) is 11.3 Å². The number of fused-ring (bicyclic) bond motifs is 9. The smallest absolute Gasteiger partial charge is 0.164 e. The van der Waals surface area contributed by atoms with Crippen LogP contribution in [0.15, 0.2) is 199 Å². The topological polar surface area (TPSA) is 82.5 Å². The molecule has 8 heteroatoms. The van der Waals surface area contributed by atoms with Gasteiger partial charge in [0.05, 0.1) is 26.9 Å². The largest absolute Gasteiger partial charge is 0.456 e. The average molecular weight is 825 g/mol. The van der Waals surface area contributed by atoms with E-state index < -0.39 is 0 Å². The summed E-state index contributed by atoms with van der Waals surface area (Å²) in [4.78, 5) is 25.9. The zero-order valence-electron chi connectivity index (χ0n) is 33.5. The third-order valence-electron chi connectivity index (χ3n) is 11.9. The summed E-state index contributed by atoms with van der Waals surface area (Å²) in [6.45, 7) is 0. The molecule has 0 unspecified atom stereocenters. The van der Waals surface area contributed by atoms with Crippen molar-refractivity contribution in [3.63, 3.8) is 0 Å². The van der Waals surface area contributed by atoms with E-state index in [4.69, 9.17) is 29.3 Å². The van der Waals surface area contributed by atoms with Gasteiger partial charge >= 0.3 is 0 Å². The first-order valence-electron chi connectivity index (χ1n) is 20.8. The van der Waals surface area contributed by atoms with E-state index in [1.54, 1.807) is 11.3 Å². The van der Waals surface area contributed by atoms with Gasteiger partial charge in [0.1, 0.15) is 11.2 Å². The maximum absolute atomic E-state index is 6.54. The Morgan fingerprint density at radius 1 is 0.397 bits per heavy atom. The lowest BCUT2D eigenvalue weighted by molar-refractivity contribution is 0.669. The van der Waals surface area contributed by atoms with Gasteiger partial charge in [-0.3, -0.25) is 0 Å². The molecule has 5 aromatic heterocycles. The Labute approximate surface area is 364 Å². The molecule has 63 heavy (non-hydrogen) atoms. The highest BCUT2D eigenvalue weighted by atomic mass is 32.1. The molecule has 0 N–H and O–H groups in total. The number of furan rings is 1. The van der Waals surface area contributed by atoms with Crippen LogP contribution in [-0.4, -0.2) is 29.5 Å². The van der Waals surface area contributed by atoms with E-state index in [0.717, 1.165) is 87.8 Å². The normalized spacial score (nSPS) is 11.8. The second-order valence-electron chi connectivity index (χ2n) is 15.6. The van der Waals surface area contributed by atoms with Crippen LogP contribution in [0.25, 0.3) is 127 Å². The first-order valence-corrected chi connectivity index (χ1v) is 21.6. The van der Waals surface area contributed by atoms with Gasteiger partial charge < -0.3 is 8.98 Å². The number of hydrogen-bond acceptors (Lipinski definition) is 7. The summed E-state index contributed by atoms with van der Waals surface area (Å²) in [7, 11) is 0. The SMILES string of the molecule is c1ccc(-c2nc(-c3ccc(-n4c5ccccc5c5ccccc54)cc3)nc(-c3ccc4oc5cccc(-c6nc(-c7ccccc7)c7sc8ccccc8c7n6)c5c4c3)n2)cc1. The van der Waals surface area contributed by atoms with Crippen LogP contribution in [0.2, 0.25) is 0 Å². The minimum Gasteiger partial charge on any atom is -0.456 e. The molecule has 0 radical (unpaired) electrons. The van der Waals surface area contributed by atoms with Crippen molar-refractivity contribution < 1.29 is 4.42 Å². The minimum absolute atomic E-state index is 0.563. The molecule has 0 aliphatic heterocycles. The zero-order chi connectivity index (χ0) is 41.4. The minimum atomic E-state index is 0.563. The molecule has 0 saturated heterocycles. The van der Waals surface area contributed by atoms with Crippen LogP contribution in [0.4, 0.5) is 0 Å². The Balaban J connectivity index is 0.968. The highest BCUT2D eigenvalue weighted by Gasteiger charge is 2.21. The highest BCUT2D eigenvalue weighted by molar-refractivity contribution is 7.26. The molecule has 7 nitrogen and oxygen atoms in total. The monoisotopic (exact) mass is 824 g/mol. The van der Waals surface area contributed by atoms with Crippen LogP contribution >= 0.6 is 11.3 Å². The predicted molar refractivity (Wildman–Crippen MR) is 257 cm³/mol. The lowest BCUT2D eigenvalue weighted by atomic mass is 10.0. The molecule has 0 spiro atoms. The number of rotatable bonds is 6. The number of para-hydroxylation sites is 2. The van der Waals surface area contributed by atoms with Crippen molar-refractivity contribution in [2.45, 2.75) is 0 Å². The Hall–Kier alpha value is -8.33. The Morgan fingerprint density at radius 3 is 1.70 bits per heavy atom. The lowest BCUT2D eigenvalue weighted by Crippen LogP contribution is -2.00. The van der Waals surface area contributed by atoms with Crippen molar-refractivity contribution in [1.82, 2.24) is 29.5 Å². The van der Waals surface area contributed by atoms with Crippen LogP contribution in [0.3, 0.4) is 0 Å². The van der Waals surface area contributed by atoms with Gasteiger partial charge in [0, 0.05) is 65.1 Å². The second-order valence-corrected chi connectivity index (χ2v) is 16.7. The standard InChI is InChI=1S/C55H32N6OS/c1-3-14-33(15-4-1)49-51-50(40-20-9-12-25-47(40)63-51)57-55(56-49)41-21-13-24-46-48(41)42-32-36(28-31-45(42)62-46)54-59-52(34-16-5-2-6-17-34)58-53(60-54)35-26-29-37(30-27-35)61-43-22-10-7-18-38(43)39-19-8-11-23-44(39)61/h1-32H. The van der Waals surface area contributed by atoms with Gasteiger partial charge in [-0.05, 0) is 66.7 Å². The third kappa shape index (κ3) is 5.76. The summed E-state index contributed by atoms with van der Waals surface area (Å²) in [5, 5.41) is 5.43. The molecule has 13 aromatic rings. The molecule has 0 aliphatic rings. The van der Waals surface area contributed by atoms with Crippen molar-refractivity contribution >= 4 is 75.4 Å². The molecule has 8 aromatic carbocycles. The van der Waals surface area contributed by atoms with Gasteiger partial charge in [0.15, 0.2) is 23.3 Å². The number of nitrogens with zero attached hydrogens (tertiary/aromatic N) is 6. The Bertz CT molecular complexity index is 3860. The molecule has 0 amide bonds. The first kappa shape index (κ1) is 35.4. The molecule has 0 fully saturated rings. The van der Waals surface area contributed by atoms with Crippen molar-refractivity contribution in [3.05, 3.63) is 194 Å². The van der Waals surface area contributed by atoms with E-state index in [9.17, 15) is 0 Å². The summed E-state index contributed by atoms with van der Waals surface area (Å²) in [5.41, 5.74) is 11.3. The quantitative estimate of drug-likeness (QED) is 0.166. The van der Waals surface area contributed by atoms with Crippen LogP contribution in [0, 0.1) is 0 Å². The first-order chi connectivity index (χ1) is 31.2. The summed E-state index contributed by atoms with van der Waals surface area (Å²) < 4.78 is 11.1. The molecule has 0 atom stereocenters. The molecule has 13 rings (SSSR count). The van der Waals surface area contributed by atoms with Crippen LogP contribution in [-0.2, 0) is 0 Å². The summed E-state index contributed by atoms with van der Waals surface area (Å²) in [6, 6.07) is 66.8. The number of benzene rings is 8. The fourth-order valence-electron chi connectivity index (χ4n) is 8.97. The third-order valence-corrected chi connectivity index (χ3v) is 13.1. The fourth-order valence-corrected chi connectivity index (χ4v) is 10.1. The maximum Gasteiger partial charge on any atom is 0.164 e. The molecule has 5 heterocycles. The van der Waals surface area contributed by atoms with Gasteiger partial charge in [-0.1, -0.05) is 127 Å². The van der Waals surface area contributed by atoms with Crippen molar-refractivity contribution in [3.8, 4) is 62.5 Å². The predicted octanol–water partition coefficient (Wildman–Crippen LogP) is 14.4. The maximum atomic E-state index is 6.54. The van der Waals surface area contributed by atoms with E-state index in [1.165, 1.54) is 15.5 Å². The molecule has 294 valence electrons. The van der Waals surface area contributed by atoms with E-state index in [0.29, 0.717) is 23.3 Å². The van der Waals surface area contributed by atoms with E-state index in [2.05, 4.69) is 138 Å².